The van der Waals surface area contributed by atoms with Crippen molar-refractivity contribution in [1.82, 2.24) is 4.90 Å². The number of carbonyl (C=O) groups is 3. The van der Waals surface area contributed by atoms with Crippen LogP contribution in [0.4, 0.5) is 5.69 Å². The SMILES string of the molecule is NCc1ccc(CN2C(=O)c3cccc(NC(=O)C4=CC(Cl)=CCC4=S)c3C2=O)cc1. The second kappa shape index (κ2) is 8.55. The zero-order chi connectivity index (χ0) is 22.1. The molecule has 0 fully saturated rings. The molecule has 6 nitrogen and oxygen atoms in total. The Morgan fingerprint density at radius 1 is 1.10 bits per heavy atom. The Kier molecular flexibility index (Phi) is 5.82. The highest BCUT2D eigenvalue weighted by Gasteiger charge is 2.38. The van der Waals surface area contributed by atoms with Crippen LogP contribution in [0.25, 0.3) is 0 Å². The van der Waals surface area contributed by atoms with E-state index in [1.807, 2.05) is 24.3 Å². The fraction of sp³-hybridized carbons (Fsp3) is 0.130. The molecule has 0 bridgehead atoms. The highest BCUT2D eigenvalue weighted by Crippen LogP contribution is 2.31. The van der Waals surface area contributed by atoms with E-state index in [1.54, 1.807) is 24.3 Å². The lowest BCUT2D eigenvalue weighted by molar-refractivity contribution is -0.112. The molecule has 1 aliphatic carbocycles. The summed E-state index contributed by atoms with van der Waals surface area (Å²) in [5, 5.41) is 3.15. The molecule has 0 spiro atoms. The number of anilines is 1. The van der Waals surface area contributed by atoms with E-state index in [-0.39, 0.29) is 28.9 Å². The summed E-state index contributed by atoms with van der Waals surface area (Å²) in [4.78, 5) is 40.4. The van der Waals surface area contributed by atoms with E-state index in [9.17, 15) is 14.4 Å². The number of amides is 3. The molecule has 0 saturated carbocycles. The van der Waals surface area contributed by atoms with Gasteiger partial charge in [0.1, 0.15) is 0 Å². The molecule has 3 N–H and O–H groups in total. The van der Waals surface area contributed by atoms with Crippen LogP contribution in [0.1, 0.15) is 38.3 Å². The van der Waals surface area contributed by atoms with E-state index in [1.165, 1.54) is 11.0 Å². The second-order valence-corrected chi connectivity index (χ2v) is 8.10. The van der Waals surface area contributed by atoms with Crippen LogP contribution in [0.3, 0.4) is 0 Å². The molecule has 1 aliphatic heterocycles. The van der Waals surface area contributed by atoms with Crippen LogP contribution in [0.15, 0.2) is 65.2 Å². The Morgan fingerprint density at radius 3 is 2.52 bits per heavy atom. The van der Waals surface area contributed by atoms with Gasteiger partial charge in [-0.15, -0.1) is 0 Å². The molecule has 0 unspecified atom stereocenters. The van der Waals surface area contributed by atoms with E-state index >= 15 is 0 Å². The monoisotopic (exact) mass is 451 g/mol. The molecule has 8 heteroatoms. The minimum absolute atomic E-state index is 0.125. The summed E-state index contributed by atoms with van der Waals surface area (Å²) in [7, 11) is 0. The van der Waals surface area contributed by atoms with E-state index in [0.29, 0.717) is 22.9 Å². The minimum Gasteiger partial charge on any atom is -0.326 e. The molecular weight excluding hydrogens is 434 g/mol. The Bertz CT molecular complexity index is 1190. The summed E-state index contributed by atoms with van der Waals surface area (Å²) in [5.41, 5.74) is 8.33. The highest BCUT2D eigenvalue weighted by molar-refractivity contribution is 7.81. The fourth-order valence-corrected chi connectivity index (χ4v) is 3.93. The second-order valence-electron chi connectivity index (χ2n) is 7.17. The van der Waals surface area contributed by atoms with Gasteiger partial charge in [-0.3, -0.25) is 19.3 Å². The van der Waals surface area contributed by atoms with Gasteiger partial charge in [0.05, 0.1) is 28.9 Å². The van der Waals surface area contributed by atoms with Crippen molar-refractivity contribution in [3.05, 3.63) is 87.5 Å². The van der Waals surface area contributed by atoms with Crippen LogP contribution in [0.5, 0.6) is 0 Å². The number of halogens is 1. The van der Waals surface area contributed by atoms with Crippen molar-refractivity contribution in [2.45, 2.75) is 19.5 Å². The van der Waals surface area contributed by atoms with Crippen LogP contribution in [0.2, 0.25) is 0 Å². The molecule has 0 saturated heterocycles. The average molecular weight is 452 g/mol. The van der Waals surface area contributed by atoms with Gasteiger partial charge in [-0.05, 0) is 29.3 Å². The number of benzene rings is 2. The van der Waals surface area contributed by atoms with Crippen LogP contribution >= 0.6 is 23.8 Å². The van der Waals surface area contributed by atoms with Crippen LogP contribution in [-0.2, 0) is 17.9 Å². The lowest BCUT2D eigenvalue weighted by atomic mass is 10.0. The van der Waals surface area contributed by atoms with Gasteiger partial charge < -0.3 is 11.1 Å². The standard InChI is InChI=1S/C23H18ClN3O3S/c24-15-8-9-19(31)17(10-15)21(28)26-18-3-1-2-16-20(18)23(30)27(22(16)29)12-14-6-4-13(11-25)5-7-14/h1-8,10H,9,11-12,25H2,(H,26,28). The number of thiocarbonyl (C=S) groups is 1. The summed E-state index contributed by atoms with van der Waals surface area (Å²) in [6, 6.07) is 12.2. The fourth-order valence-electron chi connectivity index (χ4n) is 3.50. The van der Waals surface area contributed by atoms with Crippen LogP contribution < -0.4 is 11.1 Å². The van der Waals surface area contributed by atoms with Gasteiger partial charge in [-0.1, -0.05) is 60.2 Å². The largest absolute Gasteiger partial charge is 0.326 e. The van der Waals surface area contributed by atoms with E-state index in [0.717, 1.165) is 11.1 Å². The lowest BCUT2D eigenvalue weighted by Gasteiger charge is -2.15. The Morgan fingerprint density at radius 2 is 1.81 bits per heavy atom. The first kappa shape index (κ1) is 21.1. The number of fused-ring (bicyclic) bond motifs is 1. The zero-order valence-electron chi connectivity index (χ0n) is 16.4. The zero-order valence-corrected chi connectivity index (χ0v) is 17.9. The van der Waals surface area contributed by atoms with E-state index in [4.69, 9.17) is 29.6 Å². The maximum Gasteiger partial charge on any atom is 0.263 e. The summed E-state index contributed by atoms with van der Waals surface area (Å²) >= 11 is 11.3. The van der Waals surface area contributed by atoms with Gasteiger partial charge in [-0.25, -0.2) is 0 Å². The molecule has 31 heavy (non-hydrogen) atoms. The summed E-state index contributed by atoms with van der Waals surface area (Å²) in [5.74, 6) is -1.34. The first-order valence-electron chi connectivity index (χ1n) is 9.58. The van der Waals surface area contributed by atoms with Crippen molar-refractivity contribution in [2.24, 2.45) is 5.73 Å². The third kappa shape index (κ3) is 4.07. The third-order valence-corrected chi connectivity index (χ3v) is 5.81. The lowest BCUT2D eigenvalue weighted by Crippen LogP contribution is -2.29. The van der Waals surface area contributed by atoms with Gasteiger partial charge in [-0.2, -0.15) is 0 Å². The molecule has 2 aromatic carbocycles. The molecule has 3 amide bonds. The summed E-state index contributed by atoms with van der Waals surface area (Å²) in [6.07, 6.45) is 3.62. The summed E-state index contributed by atoms with van der Waals surface area (Å²) in [6.45, 7) is 0.539. The molecule has 4 rings (SSSR count). The number of nitrogens with zero attached hydrogens (tertiary/aromatic N) is 1. The number of nitrogens with one attached hydrogen (secondary N) is 1. The van der Waals surface area contributed by atoms with Crippen LogP contribution in [0, 0.1) is 0 Å². The maximum absolute atomic E-state index is 13.1. The van der Waals surface area contributed by atoms with E-state index < -0.39 is 17.7 Å². The van der Waals surface area contributed by atoms with Crippen molar-refractivity contribution in [1.29, 1.82) is 0 Å². The maximum atomic E-state index is 13.1. The first-order chi connectivity index (χ1) is 14.9. The number of carbonyl (C=O) groups excluding carboxylic acids is 3. The number of nitrogens with two attached hydrogens (primary N) is 1. The molecule has 0 radical (unpaired) electrons. The van der Waals surface area contributed by atoms with Crippen molar-refractivity contribution in [3.63, 3.8) is 0 Å². The van der Waals surface area contributed by atoms with E-state index in [2.05, 4.69) is 5.32 Å². The van der Waals surface area contributed by atoms with Gasteiger partial charge in [0.15, 0.2) is 0 Å². The normalized spacial score (nSPS) is 15.5. The predicted molar refractivity (Wildman–Crippen MR) is 123 cm³/mol. The van der Waals surface area contributed by atoms with Gasteiger partial charge in [0, 0.05) is 22.9 Å². The predicted octanol–water partition coefficient (Wildman–Crippen LogP) is 3.70. The quantitative estimate of drug-likeness (QED) is 0.534. The molecule has 2 aliphatic rings. The van der Waals surface area contributed by atoms with Gasteiger partial charge in [0.25, 0.3) is 17.7 Å². The average Bonchev–Trinajstić information content (AvgIpc) is 3.01. The van der Waals surface area contributed by atoms with Crippen LogP contribution in [-0.4, -0.2) is 27.5 Å². The molecule has 2 aromatic rings. The van der Waals surface area contributed by atoms with Crippen molar-refractivity contribution in [3.8, 4) is 0 Å². The Balaban J connectivity index is 1.60. The molecule has 1 heterocycles. The third-order valence-electron chi connectivity index (χ3n) is 5.16. The number of allylic oxidation sites excluding steroid dienone is 3. The molecular formula is C23H18ClN3O3S. The number of imide groups is 1. The molecule has 0 atom stereocenters. The topological polar surface area (TPSA) is 92.5 Å². The highest BCUT2D eigenvalue weighted by atomic mass is 35.5. The number of hydrogen-bond acceptors (Lipinski definition) is 5. The number of rotatable bonds is 5. The van der Waals surface area contributed by atoms with Gasteiger partial charge >= 0.3 is 0 Å². The van der Waals surface area contributed by atoms with Crippen molar-refractivity contribution >= 4 is 52.1 Å². The molecule has 0 aromatic heterocycles. The summed E-state index contributed by atoms with van der Waals surface area (Å²) < 4.78 is 0. The minimum atomic E-state index is -0.472. The van der Waals surface area contributed by atoms with Gasteiger partial charge in [0.2, 0.25) is 0 Å². The first-order valence-corrected chi connectivity index (χ1v) is 10.4. The Labute approximate surface area is 189 Å². The molecule has 156 valence electrons. The number of hydrogen-bond donors (Lipinski definition) is 2. The Hall–Kier alpha value is -3.13. The smallest absolute Gasteiger partial charge is 0.263 e. The van der Waals surface area contributed by atoms with Crippen molar-refractivity contribution < 1.29 is 14.4 Å². The van der Waals surface area contributed by atoms with Crippen molar-refractivity contribution in [2.75, 3.05) is 5.32 Å².